The maximum atomic E-state index is 12.4. The van der Waals surface area contributed by atoms with E-state index in [4.69, 9.17) is 31.1 Å². The molecule has 2 aromatic carbocycles. The van der Waals surface area contributed by atoms with Gasteiger partial charge in [0, 0.05) is 30.8 Å². The lowest BCUT2D eigenvalue weighted by atomic mass is 9.97. The molecule has 10 heteroatoms. The zero-order chi connectivity index (χ0) is 26.1. The van der Waals surface area contributed by atoms with Gasteiger partial charge in [0.15, 0.2) is 5.69 Å². The summed E-state index contributed by atoms with van der Waals surface area (Å²) in [6.45, 7) is 10.5. The average molecular weight is 508 g/mol. The lowest BCUT2D eigenvalue weighted by molar-refractivity contribution is -0.121. The highest BCUT2D eigenvalue weighted by Crippen LogP contribution is 2.37. The highest BCUT2D eigenvalue weighted by atomic mass is 16.5. The summed E-state index contributed by atoms with van der Waals surface area (Å²) in [7, 11) is 0. The molecular formula is C27H33N5O5. The van der Waals surface area contributed by atoms with Crippen LogP contribution in [-0.2, 0) is 20.7 Å². The summed E-state index contributed by atoms with van der Waals surface area (Å²) in [5, 5.41) is 6.30. The first kappa shape index (κ1) is 27.8. The first-order valence-electron chi connectivity index (χ1n) is 12.5. The Balaban J connectivity index is 1.27. The number of ether oxygens (including phenoxy) is 4. The number of amides is 1. The fraction of sp³-hybridized carbons (Fsp3) is 0.481. The summed E-state index contributed by atoms with van der Waals surface area (Å²) in [5.74, 6) is 1.83. The molecule has 0 saturated carbocycles. The number of hydrogen-bond acceptors (Lipinski definition) is 6. The number of benzene rings is 2. The van der Waals surface area contributed by atoms with Gasteiger partial charge in [-0.05, 0) is 59.7 Å². The third-order valence-electron chi connectivity index (χ3n) is 5.88. The van der Waals surface area contributed by atoms with Crippen LogP contribution in [0.15, 0.2) is 47.6 Å². The van der Waals surface area contributed by atoms with E-state index in [0.717, 1.165) is 30.8 Å². The minimum Gasteiger partial charge on any atom is -0.494 e. The number of nitrogens with one attached hydrogen (secondary N) is 1. The molecule has 1 aliphatic carbocycles. The second-order valence-corrected chi connectivity index (χ2v) is 8.49. The molecule has 0 bridgehead atoms. The summed E-state index contributed by atoms with van der Waals surface area (Å²) < 4.78 is 22.3. The number of rotatable bonds is 17. The summed E-state index contributed by atoms with van der Waals surface area (Å²) >= 11 is 0. The number of carbonyl (C=O) groups is 1. The van der Waals surface area contributed by atoms with Crippen molar-refractivity contribution in [2.45, 2.75) is 31.6 Å². The molecule has 1 N–H and O–H groups in total. The molecule has 0 spiro atoms. The Kier molecular flexibility index (Phi) is 12.1. The predicted octanol–water partition coefficient (Wildman–Crippen LogP) is 4.96. The quantitative estimate of drug-likeness (QED) is 0.107. The van der Waals surface area contributed by atoms with Gasteiger partial charge in [-0.25, -0.2) is 4.85 Å². The molecule has 196 valence electrons. The minimum absolute atomic E-state index is 0.0242. The minimum atomic E-state index is 0.0242. The van der Waals surface area contributed by atoms with Crippen LogP contribution in [0, 0.1) is 6.57 Å². The Morgan fingerprint density at radius 1 is 1.00 bits per heavy atom. The monoisotopic (exact) mass is 507 g/mol. The highest BCUT2D eigenvalue weighted by molar-refractivity contribution is 5.77. The van der Waals surface area contributed by atoms with Crippen molar-refractivity contribution in [1.82, 2.24) is 5.32 Å². The molecule has 1 amide bonds. The van der Waals surface area contributed by atoms with Gasteiger partial charge >= 0.3 is 0 Å². The third kappa shape index (κ3) is 10.0. The van der Waals surface area contributed by atoms with E-state index >= 15 is 0 Å². The Bertz CT molecular complexity index is 1080. The van der Waals surface area contributed by atoms with E-state index in [0.29, 0.717) is 64.8 Å². The molecule has 0 aliphatic heterocycles. The predicted molar refractivity (Wildman–Crippen MR) is 139 cm³/mol. The molecule has 0 fully saturated rings. The van der Waals surface area contributed by atoms with Gasteiger partial charge in [0.1, 0.15) is 11.5 Å². The van der Waals surface area contributed by atoms with Crippen molar-refractivity contribution in [3.8, 4) is 11.5 Å². The van der Waals surface area contributed by atoms with E-state index < -0.39 is 0 Å². The Hall–Kier alpha value is -3.77. The zero-order valence-corrected chi connectivity index (χ0v) is 20.9. The van der Waals surface area contributed by atoms with Gasteiger partial charge < -0.3 is 24.3 Å². The largest absolute Gasteiger partial charge is 0.494 e. The number of hydrogen-bond donors (Lipinski definition) is 1. The van der Waals surface area contributed by atoms with E-state index in [2.05, 4.69) is 32.3 Å². The Labute approximate surface area is 217 Å². The smallest absolute Gasteiger partial charge is 0.220 e. The summed E-state index contributed by atoms with van der Waals surface area (Å²) in [4.78, 5) is 18.4. The van der Waals surface area contributed by atoms with Gasteiger partial charge in [0.05, 0.1) is 46.2 Å². The van der Waals surface area contributed by atoms with Crippen molar-refractivity contribution < 1.29 is 23.7 Å². The van der Waals surface area contributed by atoms with Gasteiger partial charge in [0.2, 0.25) is 5.91 Å². The number of aryl methyl sites for hydroxylation is 1. The number of nitrogens with zero attached hydrogens (tertiary/aromatic N) is 4. The van der Waals surface area contributed by atoms with Crippen LogP contribution in [0.1, 0.15) is 36.3 Å². The van der Waals surface area contributed by atoms with E-state index in [9.17, 15) is 4.79 Å². The van der Waals surface area contributed by atoms with Crippen LogP contribution >= 0.6 is 0 Å². The van der Waals surface area contributed by atoms with Crippen molar-refractivity contribution in [2.24, 2.45) is 5.11 Å². The second-order valence-electron chi connectivity index (χ2n) is 8.49. The SMILES string of the molecule is [C-]#[N+]c1ccc(OCCCOc2ccc3c(c2)CC[C@H]3CC(=O)NCCOCCOCCN=[N+]=[N-])cc1. The van der Waals surface area contributed by atoms with Crippen molar-refractivity contribution >= 4 is 11.6 Å². The summed E-state index contributed by atoms with van der Waals surface area (Å²) in [5.41, 5.74) is 11.2. The fourth-order valence-corrected chi connectivity index (χ4v) is 4.07. The molecule has 1 atom stereocenters. The molecule has 0 heterocycles. The van der Waals surface area contributed by atoms with E-state index in [-0.39, 0.29) is 11.8 Å². The normalized spacial score (nSPS) is 13.8. The summed E-state index contributed by atoms with van der Waals surface area (Å²) in [6.07, 6.45) is 3.11. The second kappa shape index (κ2) is 16.1. The Morgan fingerprint density at radius 3 is 2.49 bits per heavy atom. The first-order chi connectivity index (χ1) is 18.2. The standard InChI is InChI=1S/C27H33N5O5/c1-29-23-5-7-24(8-6-23)36-13-2-14-37-25-9-10-26-21(19-25)3-4-22(26)20-27(33)30-11-15-34-17-18-35-16-12-31-32-28/h5-10,19,22H,2-4,11-18,20H2,(H,30,33)/t22-/m0/s1. The topological polar surface area (TPSA) is 119 Å². The molecular weight excluding hydrogens is 474 g/mol. The van der Waals surface area contributed by atoms with Crippen LogP contribution in [0.5, 0.6) is 11.5 Å². The van der Waals surface area contributed by atoms with Crippen molar-refractivity contribution in [1.29, 1.82) is 0 Å². The first-order valence-corrected chi connectivity index (χ1v) is 12.5. The lowest BCUT2D eigenvalue weighted by Gasteiger charge is -2.13. The number of azide groups is 1. The molecule has 0 radical (unpaired) electrons. The molecule has 0 saturated heterocycles. The molecule has 2 aromatic rings. The van der Waals surface area contributed by atoms with Gasteiger partial charge in [-0.3, -0.25) is 4.79 Å². The molecule has 10 nitrogen and oxygen atoms in total. The van der Waals surface area contributed by atoms with E-state index in [1.807, 2.05) is 6.07 Å². The molecule has 37 heavy (non-hydrogen) atoms. The van der Waals surface area contributed by atoms with Crippen molar-refractivity contribution in [3.63, 3.8) is 0 Å². The maximum absolute atomic E-state index is 12.4. The van der Waals surface area contributed by atoms with Crippen molar-refractivity contribution in [2.75, 3.05) is 52.7 Å². The maximum Gasteiger partial charge on any atom is 0.220 e. The lowest BCUT2D eigenvalue weighted by Crippen LogP contribution is -2.28. The Morgan fingerprint density at radius 2 is 1.73 bits per heavy atom. The van der Waals surface area contributed by atoms with Crippen LogP contribution in [0.3, 0.4) is 0 Å². The average Bonchev–Trinajstić information content (AvgIpc) is 3.31. The highest BCUT2D eigenvalue weighted by Gasteiger charge is 2.25. The van der Waals surface area contributed by atoms with Crippen LogP contribution < -0.4 is 14.8 Å². The van der Waals surface area contributed by atoms with Gasteiger partial charge in [-0.15, -0.1) is 0 Å². The van der Waals surface area contributed by atoms with Gasteiger partial charge in [0.25, 0.3) is 0 Å². The zero-order valence-electron chi connectivity index (χ0n) is 20.9. The van der Waals surface area contributed by atoms with Crippen LogP contribution in [-0.4, -0.2) is 58.6 Å². The summed E-state index contributed by atoms with van der Waals surface area (Å²) in [6, 6.07) is 13.2. The van der Waals surface area contributed by atoms with Gasteiger partial charge in [-0.1, -0.05) is 23.3 Å². The van der Waals surface area contributed by atoms with Crippen LogP contribution in [0.2, 0.25) is 0 Å². The molecule has 0 aromatic heterocycles. The van der Waals surface area contributed by atoms with Crippen molar-refractivity contribution in [3.05, 3.63) is 75.5 Å². The molecule has 0 unspecified atom stereocenters. The molecule has 1 aliphatic rings. The van der Waals surface area contributed by atoms with Gasteiger partial charge in [-0.2, -0.15) is 0 Å². The van der Waals surface area contributed by atoms with E-state index in [1.54, 1.807) is 24.3 Å². The van der Waals surface area contributed by atoms with Crippen LogP contribution in [0.25, 0.3) is 15.3 Å². The third-order valence-corrected chi connectivity index (χ3v) is 5.88. The fourth-order valence-electron chi connectivity index (χ4n) is 4.07. The van der Waals surface area contributed by atoms with Crippen LogP contribution in [0.4, 0.5) is 5.69 Å². The number of fused-ring (bicyclic) bond motifs is 1. The number of carbonyl (C=O) groups excluding carboxylic acids is 1. The molecule has 3 rings (SSSR count). The van der Waals surface area contributed by atoms with E-state index in [1.165, 1.54) is 11.1 Å².